The lowest BCUT2D eigenvalue weighted by molar-refractivity contribution is 0.252. The van der Waals surface area contributed by atoms with Crippen LogP contribution in [-0.2, 0) is 0 Å². The molecule has 21 heavy (non-hydrogen) atoms. The average molecular weight is 355 g/mol. The summed E-state index contributed by atoms with van der Waals surface area (Å²) in [6.07, 6.45) is 8.51. The molecule has 1 fully saturated rings. The third-order valence-corrected chi connectivity index (χ3v) is 4.80. The quantitative estimate of drug-likeness (QED) is 0.745. The summed E-state index contributed by atoms with van der Waals surface area (Å²) in [6, 6.07) is 0. The van der Waals surface area contributed by atoms with Crippen LogP contribution < -0.4 is 10.6 Å². The Morgan fingerprint density at radius 2 is 2.00 bits per heavy atom. The van der Waals surface area contributed by atoms with Gasteiger partial charge in [-0.25, -0.2) is 4.98 Å². The summed E-state index contributed by atoms with van der Waals surface area (Å²) < 4.78 is 0.932. The zero-order valence-electron chi connectivity index (χ0n) is 13.4. The summed E-state index contributed by atoms with van der Waals surface area (Å²) in [5.41, 5.74) is 0.441. The predicted octanol–water partition coefficient (Wildman–Crippen LogP) is 4.69. The summed E-state index contributed by atoms with van der Waals surface area (Å²) in [5.74, 6) is 2.33. The van der Waals surface area contributed by atoms with Gasteiger partial charge in [-0.3, -0.25) is 0 Å². The van der Waals surface area contributed by atoms with Gasteiger partial charge in [0.25, 0.3) is 0 Å². The molecule has 0 spiro atoms. The molecule has 0 unspecified atom stereocenters. The highest BCUT2D eigenvalue weighted by Crippen LogP contribution is 2.43. The van der Waals surface area contributed by atoms with E-state index in [1.807, 2.05) is 6.20 Å². The van der Waals surface area contributed by atoms with Crippen LogP contribution in [0.2, 0.25) is 0 Å². The van der Waals surface area contributed by atoms with E-state index in [1.165, 1.54) is 32.1 Å². The molecular weight excluding hydrogens is 328 g/mol. The van der Waals surface area contributed by atoms with Crippen molar-refractivity contribution in [1.82, 2.24) is 9.97 Å². The Balaban J connectivity index is 2.05. The van der Waals surface area contributed by atoms with Crippen LogP contribution in [0.1, 0.15) is 52.9 Å². The SMILES string of the molecule is CCNc1ncc(Br)c(NCC2(CC(C)C)CCCC2)n1. The second kappa shape index (κ2) is 7.43. The van der Waals surface area contributed by atoms with Crippen molar-refractivity contribution in [3.63, 3.8) is 0 Å². The molecule has 0 aromatic carbocycles. The van der Waals surface area contributed by atoms with Crippen molar-refractivity contribution in [2.24, 2.45) is 11.3 Å². The minimum Gasteiger partial charge on any atom is -0.368 e. The Kier molecular flexibility index (Phi) is 5.85. The molecule has 0 saturated heterocycles. The zero-order valence-corrected chi connectivity index (χ0v) is 15.0. The van der Waals surface area contributed by atoms with Crippen molar-refractivity contribution in [1.29, 1.82) is 0 Å². The maximum Gasteiger partial charge on any atom is 0.224 e. The molecule has 2 rings (SSSR count). The third kappa shape index (κ3) is 4.56. The van der Waals surface area contributed by atoms with Crippen LogP contribution in [0.4, 0.5) is 11.8 Å². The van der Waals surface area contributed by atoms with E-state index in [0.717, 1.165) is 29.3 Å². The van der Waals surface area contributed by atoms with Crippen LogP contribution in [-0.4, -0.2) is 23.1 Å². The van der Waals surface area contributed by atoms with E-state index in [1.54, 1.807) is 0 Å². The van der Waals surface area contributed by atoms with Gasteiger partial charge in [0.05, 0.1) is 4.47 Å². The monoisotopic (exact) mass is 354 g/mol. The van der Waals surface area contributed by atoms with Crippen LogP contribution >= 0.6 is 15.9 Å². The first-order valence-corrected chi connectivity index (χ1v) is 8.84. The fourth-order valence-electron chi connectivity index (χ4n) is 3.45. The molecule has 1 aliphatic carbocycles. The molecule has 1 heterocycles. The number of nitrogens with zero attached hydrogens (tertiary/aromatic N) is 2. The summed E-state index contributed by atoms with van der Waals surface area (Å²) in [7, 11) is 0. The first-order chi connectivity index (χ1) is 10.0. The van der Waals surface area contributed by atoms with Crippen LogP contribution in [0.3, 0.4) is 0 Å². The lowest BCUT2D eigenvalue weighted by Gasteiger charge is -2.31. The topological polar surface area (TPSA) is 49.8 Å². The molecule has 0 atom stereocenters. The van der Waals surface area contributed by atoms with E-state index in [4.69, 9.17) is 0 Å². The van der Waals surface area contributed by atoms with E-state index in [0.29, 0.717) is 11.4 Å². The molecule has 118 valence electrons. The number of aromatic nitrogens is 2. The fraction of sp³-hybridized carbons (Fsp3) is 0.750. The average Bonchev–Trinajstić information content (AvgIpc) is 2.88. The maximum absolute atomic E-state index is 4.55. The van der Waals surface area contributed by atoms with Gasteiger partial charge in [0.15, 0.2) is 0 Å². The van der Waals surface area contributed by atoms with E-state index >= 15 is 0 Å². The van der Waals surface area contributed by atoms with Crippen LogP contribution in [0.5, 0.6) is 0 Å². The molecule has 2 N–H and O–H groups in total. The minimum absolute atomic E-state index is 0.441. The van der Waals surface area contributed by atoms with Gasteiger partial charge in [-0.05, 0) is 53.4 Å². The molecule has 1 aromatic rings. The van der Waals surface area contributed by atoms with E-state index in [2.05, 4.69) is 57.3 Å². The van der Waals surface area contributed by atoms with Crippen molar-refractivity contribution in [3.8, 4) is 0 Å². The first kappa shape index (κ1) is 16.5. The van der Waals surface area contributed by atoms with Crippen molar-refractivity contribution in [2.45, 2.75) is 52.9 Å². The van der Waals surface area contributed by atoms with Gasteiger partial charge in [-0.1, -0.05) is 26.7 Å². The Bertz CT molecular complexity index is 456. The first-order valence-electron chi connectivity index (χ1n) is 8.05. The molecule has 0 aliphatic heterocycles. The number of rotatable bonds is 7. The molecule has 4 nitrogen and oxygen atoms in total. The highest BCUT2D eigenvalue weighted by atomic mass is 79.9. The number of hydrogen-bond acceptors (Lipinski definition) is 4. The van der Waals surface area contributed by atoms with Crippen LogP contribution in [0.15, 0.2) is 10.7 Å². The molecule has 5 heteroatoms. The Hall–Kier alpha value is -0.840. The van der Waals surface area contributed by atoms with Gasteiger partial charge in [-0.15, -0.1) is 0 Å². The number of anilines is 2. The maximum atomic E-state index is 4.55. The van der Waals surface area contributed by atoms with Gasteiger partial charge in [-0.2, -0.15) is 4.98 Å². The van der Waals surface area contributed by atoms with Gasteiger partial charge < -0.3 is 10.6 Å². The molecule has 1 aromatic heterocycles. The zero-order chi connectivity index (χ0) is 15.3. The second-order valence-corrected chi connectivity index (χ2v) is 7.43. The minimum atomic E-state index is 0.441. The predicted molar refractivity (Wildman–Crippen MR) is 92.7 cm³/mol. The number of nitrogens with one attached hydrogen (secondary N) is 2. The summed E-state index contributed by atoms with van der Waals surface area (Å²) in [4.78, 5) is 8.82. The van der Waals surface area contributed by atoms with Crippen molar-refractivity contribution < 1.29 is 0 Å². The largest absolute Gasteiger partial charge is 0.368 e. The van der Waals surface area contributed by atoms with Crippen LogP contribution in [0.25, 0.3) is 0 Å². The summed E-state index contributed by atoms with van der Waals surface area (Å²) in [6.45, 7) is 8.53. The summed E-state index contributed by atoms with van der Waals surface area (Å²) in [5, 5.41) is 6.72. The van der Waals surface area contributed by atoms with Gasteiger partial charge >= 0.3 is 0 Å². The Morgan fingerprint density at radius 1 is 1.29 bits per heavy atom. The van der Waals surface area contributed by atoms with E-state index in [-0.39, 0.29) is 0 Å². The molecule has 0 amide bonds. The second-order valence-electron chi connectivity index (χ2n) is 6.58. The normalized spacial score (nSPS) is 17.2. The van der Waals surface area contributed by atoms with Gasteiger partial charge in [0, 0.05) is 19.3 Å². The van der Waals surface area contributed by atoms with Gasteiger partial charge in [0.1, 0.15) is 5.82 Å². The van der Waals surface area contributed by atoms with Crippen molar-refractivity contribution >= 4 is 27.7 Å². The van der Waals surface area contributed by atoms with Crippen LogP contribution in [0, 0.1) is 11.3 Å². The van der Waals surface area contributed by atoms with Crippen molar-refractivity contribution in [2.75, 3.05) is 23.7 Å². The highest BCUT2D eigenvalue weighted by Gasteiger charge is 2.34. The van der Waals surface area contributed by atoms with Crippen molar-refractivity contribution in [3.05, 3.63) is 10.7 Å². The number of halogens is 1. The molecule has 0 radical (unpaired) electrons. The third-order valence-electron chi connectivity index (χ3n) is 4.22. The Morgan fingerprint density at radius 3 is 2.62 bits per heavy atom. The molecular formula is C16H27BrN4. The molecule has 1 aliphatic rings. The standard InChI is InChI=1S/C16H27BrN4/c1-4-18-15-19-10-13(17)14(21-15)20-11-16(9-12(2)3)7-5-6-8-16/h10,12H,4-9,11H2,1-3H3,(H2,18,19,20,21). The molecule has 0 bridgehead atoms. The van der Waals surface area contributed by atoms with E-state index in [9.17, 15) is 0 Å². The highest BCUT2D eigenvalue weighted by molar-refractivity contribution is 9.10. The summed E-state index contributed by atoms with van der Waals surface area (Å²) >= 11 is 3.54. The smallest absolute Gasteiger partial charge is 0.224 e. The fourth-order valence-corrected chi connectivity index (χ4v) is 3.78. The lowest BCUT2D eigenvalue weighted by Crippen LogP contribution is -2.29. The van der Waals surface area contributed by atoms with Gasteiger partial charge in [0.2, 0.25) is 5.95 Å². The Labute approximate surface area is 136 Å². The number of hydrogen-bond donors (Lipinski definition) is 2. The van der Waals surface area contributed by atoms with E-state index < -0.39 is 0 Å². The molecule has 1 saturated carbocycles. The lowest BCUT2D eigenvalue weighted by atomic mass is 9.78.